The van der Waals surface area contributed by atoms with Crippen molar-refractivity contribution in [2.45, 2.75) is 43.2 Å². The third-order valence-corrected chi connectivity index (χ3v) is 15.1. The lowest BCUT2D eigenvalue weighted by molar-refractivity contribution is -0.150. The Morgan fingerprint density at radius 2 is 0.902 bits per heavy atom. The molecule has 474 valence electrons. The van der Waals surface area contributed by atoms with Gasteiger partial charge in [-0.25, -0.2) is 4.79 Å². The Labute approximate surface area is 520 Å². The average Bonchev–Trinajstić information content (AvgIpc) is 1.45. The number of amides is 7. The van der Waals surface area contributed by atoms with Gasteiger partial charge in [-0.05, 0) is 127 Å². The number of rotatable bonds is 15. The van der Waals surface area contributed by atoms with Gasteiger partial charge in [0.15, 0.2) is 42.2 Å². The number of aliphatic hydroxyl groups is 3. The van der Waals surface area contributed by atoms with E-state index in [1.807, 2.05) is 30.5 Å². The number of H-pyrrole nitrogens is 2. The summed E-state index contributed by atoms with van der Waals surface area (Å²) in [6, 6.07) is 35.9. The van der Waals surface area contributed by atoms with Crippen LogP contribution < -0.4 is 58.9 Å². The van der Waals surface area contributed by atoms with Gasteiger partial charge in [0.05, 0.1) is 25.3 Å². The zero-order valence-electron chi connectivity index (χ0n) is 48.5. The number of morpholine rings is 3. The minimum Gasteiger partial charge on any atom is -0.408 e. The number of nitrogens with one attached hydrogen (secondary N) is 9. The number of nitrogens with two attached hydrogens (primary N) is 3. The molecule has 3 saturated heterocycles. The highest BCUT2D eigenvalue weighted by molar-refractivity contribution is 6.08. The molecule has 6 atom stereocenters. The maximum Gasteiger partial charge on any atom is 0.417 e. The number of nitrogens with zero attached hydrogens (tertiary/aromatic N) is 3. The molecule has 12 rings (SSSR count). The normalized spacial score (nSPS) is 18.0. The van der Waals surface area contributed by atoms with Gasteiger partial charge in [0, 0.05) is 106 Å². The van der Waals surface area contributed by atoms with Crippen molar-refractivity contribution in [1.82, 2.24) is 15.3 Å². The number of hydrogen-bond donors (Lipinski definition) is 15. The molecule has 30 nitrogen and oxygen atoms in total. The molecule has 30 heteroatoms. The third kappa shape index (κ3) is 14.2. The molecule has 2 aromatic heterocycles. The van der Waals surface area contributed by atoms with Gasteiger partial charge in [-0.15, -0.1) is 0 Å². The molecule has 6 aromatic carbocycles. The van der Waals surface area contributed by atoms with Crippen LogP contribution in [0.2, 0.25) is 0 Å². The van der Waals surface area contributed by atoms with E-state index in [1.165, 1.54) is 45.0 Å². The van der Waals surface area contributed by atoms with Crippen molar-refractivity contribution >= 4 is 115 Å². The van der Waals surface area contributed by atoms with Crippen LogP contribution >= 0.6 is 0 Å². The van der Waals surface area contributed by atoms with Crippen molar-refractivity contribution in [1.29, 1.82) is 16.2 Å². The van der Waals surface area contributed by atoms with Gasteiger partial charge in [-0.3, -0.25) is 54.8 Å². The standard InChI is InChI=1S/C21H21N5O5.C21H21N5O4.C20H19N5O6/c22-18(23)11-1-4-13(5-2-11)25-20(29)16(27)17-21(30)26(7-8-31-17)14-6-3-12-10-24-19(28)15(12)9-14;22-19(23)12-1-3-14(4-2-12)25-20(28)17(27)18-21(29)26(9-10-30-18)15-5-6-16-13(11-15)7-8-24-16;21-17(22)10-1-3-11(4-2-10)23-18(27)15(26)16-19(28)25(7-8-30-16)12-5-6-13-14(9-12)31-20(29)24-13/h1-6,9,16-17,27H,7-8,10H2,(H3,22,23)(H,24,28)(H,25,29);1-8,11,17-18,24,27H,9-10H2,(H3,22,23)(H,25,28);1-6,9,15-16,26H,7-8H2,(H3,21,22)(H,23,27)(H,24,29)/t16-,17-;17-,18-;15-,16-/m111/s1. The lowest BCUT2D eigenvalue weighted by atomic mass is 10.1. The Bertz CT molecular complexity index is 4250. The van der Waals surface area contributed by atoms with Crippen molar-refractivity contribution in [3.63, 3.8) is 0 Å². The summed E-state index contributed by atoms with van der Waals surface area (Å²) in [7, 11) is 0. The molecule has 18 N–H and O–H groups in total. The molecule has 4 aliphatic rings. The van der Waals surface area contributed by atoms with E-state index in [-0.39, 0.29) is 61.9 Å². The van der Waals surface area contributed by atoms with E-state index in [2.05, 4.69) is 31.2 Å². The Hall–Kier alpha value is -11.4. The molecule has 7 amide bonds. The van der Waals surface area contributed by atoms with Crippen LogP contribution in [0.1, 0.15) is 32.6 Å². The Morgan fingerprint density at radius 3 is 1.33 bits per heavy atom. The lowest BCUT2D eigenvalue weighted by Gasteiger charge is -2.34. The van der Waals surface area contributed by atoms with Crippen molar-refractivity contribution in [2.24, 2.45) is 17.2 Å². The smallest absolute Gasteiger partial charge is 0.408 e. The molecule has 0 bridgehead atoms. The van der Waals surface area contributed by atoms with Gasteiger partial charge in [-0.1, -0.05) is 6.07 Å². The van der Waals surface area contributed by atoms with Crippen molar-refractivity contribution < 1.29 is 67.5 Å². The highest BCUT2D eigenvalue weighted by Gasteiger charge is 2.42. The van der Waals surface area contributed by atoms with Crippen molar-refractivity contribution in [3.8, 4) is 0 Å². The second-order valence-corrected chi connectivity index (χ2v) is 21.1. The van der Waals surface area contributed by atoms with Crippen LogP contribution in [0.4, 0.5) is 34.1 Å². The molecule has 8 aromatic rings. The monoisotopic (exact) mass is 1260 g/mol. The lowest BCUT2D eigenvalue weighted by Crippen LogP contribution is -2.55. The molecule has 3 fully saturated rings. The minimum atomic E-state index is -1.75. The summed E-state index contributed by atoms with van der Waals surface area (Å²) < 4.78 is 21.2. The van der Waals surface area contributed by atoms with Gasteiger partial charge in [-0.2, -0.15) is 0 Å². The number of hydrogen-bond acceptors (Lipinski definition) is 18. The Morgan fingerprint density at radius 1 is 0.511 bits per heavy atom. The fourth-order valence-electron chi connectivity index (χ4n) is 10.2. The van der Waals surface area contributed by atoms with Crippen LogP contribution in [-0.2, 0) is 49.5 Å². The molecule has 4 aliphatic heterocycles. The minimum absolute atomic E-state index is 0.0907. The highest BCUT2D eigenvalue weighted by atomic mass is 16.5. The number of fused-ring (bicyclic) bond motifs is 3. The summed E-state index contributed by atoms with van der Waals surface area (Å²) in [6.45, 7) is 1.62. The predicted molar refractivity (Wildman–Crippen MR) is 335 cm³/mol. The van der Waals surface area contributed by atoms with E-state index in [0.29, 0.717) is 75.0 Å². The molecule has 0 unspecified atom stereocenters. The highest BCUT2D eigenvalue weighted by Crippen LogP contribution is 2.29. The number of ether oxygens (including phenoxy) is 3. The van der Waals surface area contributed by atoms with Gasteiger partial charge >= 0.3 is 5.76 Å². The van der Waals surface area contributed by atoms with Crippen LogP contribution in [-0.4, -0.2) is 160 Å². The number of carbonyl (C=O) groups excluding carboxylic acids is 7. The summed E-state index contributed by atoms with van der Waals surface area (Å²) in [5, 5.41) is 64.8. The quantitative estimate of drug-likeness (QED) is 0.0507. The number of nitrogen functional groups attached to an aromatic ring is 3. The average molecular weight is 1260 g/mol. The van der Waals surface area contributed by atoms with E-state index in [4.69, 9.17) is 52.1 Å². The fraction of sp³-hybridized carbons (Fsp3) is 0.210. The van der Waals surface area contributed by atoms with E-state index in [1.54, 1.807) is 78.9 Å². The zero-order chi connectivity index (χ0) is 65.5. The first-order chi connectivity index (χ1) is 44.1. The van der Waals surface area contributed by atoms with Crippen LogP contribution in [0.25, 0.3) is 22.0 Å². The number of aliphatic hydroxyl groups excluding tert-OH is 3. The van der Waals surface area contributed by atoms with Crippen LogP contribution in [0.15, 0.2) is 149 Å². The maximum atomic E-state index is 12.9. The Kier molecular flexibility index (Phi) is 19.0. The number of anilines is 6. The number of amidine groups is 3. The van der Waals surface area contributed by atoms with Gasteiger partial charge in [0.1, 0.15) is 17.5 Å². The first-order valence-electron chi connectivity index (χ1n) is 28.3. The molecule has 0 aliphatic carbocycles. The third-order valence-electron chi connectivity index (χ3n) is 15.1. The van der Waals surface area contributed by atoms with Crippen LogP contribution in [0.5, 0.6) is 0 Å². The first-order valence-corrected chi connectivity index (χ1v) is 28.3. The molecule has 0 saturated carbocycles. The van der Waals surface area contributed by atoms with Crippen LogP contribution in [0.3, 0.4) is 0 Å². The van der Waals surface area contributed by atoms with Gasteiger partial charge in [0.2, 0.25) is 0 Å². The van der Waals surface area contributed by atoms with E-state index < -0.39 is 77.8 Å². The Balaban J connectivity index is 0.000000151. The van der Waals surface area contributed by atoms with Crippen LogP contribution in [0, 0.1) is 16.2 Å². The predicted octanol–water partition coefficient (Wildman–Crippen LogP) is 1.27. The number of oxazole rings is 1. The number of aromatic nitrogens is 2. The summed E-state index contributed by atoms with van der Waals surface area (Å²) in [5.41, 5.74) is 23.5. The van der Waals surface area contributed by atoms with E-state index in [9.17, 15) is 53.7 Å². The fourth-order valence-corrected chi connectivity index (χ4v) is 10.2. The number of carbonyl (C=O) groups is 7. The van der Waals surface area contributed by atoms with E-state index >= 15 is 0 Å². The van der Waals surface area contributed by atoms with Crippen molar-refractivity contribution in [3.05, 3.63) is 178 Å². The molecule has 6 heterocycles. The largest absolute Gasteiger partial charge is 0.417 e. The summed E-state index contributed by atoms with van der Waals surface area (Å²) >= 11 is 0. The second-order valence-electron chi connectivity index (χ2n) is 21.1. The first kappa shape index (κ1) is 63.6. The molecule has 92 heavy (non-hydrogen) atoms. The second kappa shape index (κ2) is 27.5. The van der Waals surface area contributed by atoms with E-state index in [0.717, 1.165) is 16.5 Å². The number of benzene rings is 6. The molecular formula is C62H61N15O15. The molecule has 0 spiro atoms. The zero-order valence-corrected chi connectivity index (χ0v) is 48.5. The van der Waals surface area contributed by atoms with Gasteiger partial charge in [0.25, 0.3) is 41.4 Å². The van der Waals surface area contributed by atoms with Gasteiger partial charge < -0.3 is 92.1 Å². The summed E-state index contributed by atoms with van der Waals surface area (Å²) in [4.78, 5) is 109. The van der Waals surface area contributed by atoms with Crippen molar-refractivity contribution in [2.75, 3.05) is 70.1 Å². The molecular weight excluding hydrogens is 1190 g/mol. The number of aromatic amines is 2. The maximum absolute atomic E-state index is 12.9. The summed E-state index contributed by atoms with van der Waals surface area (Å²) in [6.07, 6.45) is -7.44. The topological polar surface area (TPSA) is 477 Å². The SMILES string of the molecule is N=C(N)c1ccc(NC(=O)[C@H](O)[C@H]2OCCN(c3ccc4[nH]c(=O)oc4c3)C2=O)cc1.N=C(N)c1ccc(NC(=O)[C@H](O)[C@H]2OCCN(c3ccc4[nH]ccc4c3)C2=O)cc1.N=C(N)c1ccc(NC(=O)[C@H](O)[C@H]2OCCN(c3ccc4c(c3)C(=O)NC4)C2=O)cc1. The molecule has 0 radical (unpaired) electrons. The summed E-state index contributed by atoms with van der Waals surface area (Å²) in [5.74, 6) is -5.15.